The molecule has 2 rings (SSSR count). The Balaban J connectivity index is 2.62. The maximum atomic E-state index is 11.2. The summed E-state index contributed by atoms with van der Waals surface area (Å²) >= 11 is 9.59. The first-order chi connectivity index (χ1) is 11.2. The van der Waals surface area contributed by atoms with Gasteiger partial charge in [-0.05, 0) is 33.6 Å². The molecule has 0 amide bonds. The van der Waals surface area contributed by atoms with Crippen molar-refractivity contribution in [2.24, 2.45) is 0 Å². The van der Waals surface area contributed by atoms with Crippen LogP contribution in [-0.4, -0.2) is 34.0 Å². The fourth-order valence-corrected chi connectivity index (χ4v) is 3.60. The molecule has 9 heteroatoms. The van der Waals surface area contributed by atoms with Crippen molar-refractivity contribution < 1.29 is 27.2 Å². The predicted octanol–water partition coefficient (Wildman–Crippen LogP) is 3.83. The Labute approximate surface area is 153 Å². The molecule has 0 unspecified atom stereocenters. The van der Waals surface area contributed by atoms with Gasteiger partial charge in [-0.1, -0.05) is 23.7 Å². The van der Waals surface area contributed by atoms with Crippen molar-refractivity contribution in [3.63, 3.8) is 0 Å². The van der Waals surface area contributed by atoms with E-state index in [-0.39, 0.29) is 32.5 Å². The van der Waals surface area contributed by atoms with Crippen LogP contribution in [0.25, 0.3) is 11.1 Å². The second kappa shape index (κ2) is 7.08. The number of phenols is 1. The van der Waals surface area contributed by atoms with Gasteiger partial charge in [0.25, 0.3) is 0 Å². The second-order valence-corrected chi connectivity index (χ2v) is 7.48. The van der Waals surface area contributed by atoms with Gasteiger partial charge in [-0.25, -0.2) is 0 Å². The summed E-state index contributed by atoms with van der Waals surface area (Å²) in [6, 6.07) is 6.13. The lowest BCUT2D eigenvalue weighted by atomic mass is 10.0. The van der Waals surface area contributed by atoms with Crippen LogP contribution in [0, 0.1) is 0 Å². The molecule has 1 N–H and O–H groups in total. The maximum absolute atomic E-state index is 11.2. The van der Waals surface area contributed by atoms with E-state index in [2.05, 4.69) is 15.9 Å². The number of hydrogen-bond donors (Lipinski definition) is 1. The highest BCUT2D eigenvalue weighted by atomic mass is 79.9. The molecule has 0 radical (unpaired) electrons. The van der Waals surface area contributed by atoms with Crippen molar-refractivity contribution in [2.75, 3.05) is 20.5 Å². The summed E-state index contributed by atoms with van der Waals surface area (Å²) < 4.78 is 37.8. The number of hydrogen-bond acceptors (Lipinski definition) is 6. The topological polar surface area (TPSA) is 82.1 Å². The highest BCUT2D eigenvalue weighted by molar-refractivity contribution is 9.10. The van der Waals surface area contributed by atoms with Gasteiger partial charge in [0.2, 0.25) is 0 Å². The highest BCUT2D eigenvalue weighted by Gasteiger charge is 2.24. The minimum atomic E-state index is -3.62. The van der Waals surface area contributed by atoms with E-state index in [4.69, 9.17) is 25.3 Å². The van der Waals surface area contributed by atoms with Crippen molar-refractivity contribution >= 4 is 37.6 Å². The lowest BCUT2D eigenvalue weighted by Crippen LogP contribution is -2.05. The molecule has 0 fully saturated rings. The van der Waals surface area contributed by atoms with E-state index in [1.54, 1.807) is 12.1 Å². The zero-order valence-corrected chi connectivity index (χ0v) is 16.1. The van der Waals surface area contributed by atoms with Crippen LogP contribution in [0.1, 0.15) is 0 Å². The summed E-state index contributed by atoms with van der Waals surface area (Å²) in [7, 11) is -0.797. The monoisotopic (exact) mass is 436 g/mol. The van der Waals surface area contributed by atoms with Gasteiger partial charge in [-0.2, -0.15) is 8.42 Å². The van der Waals surface area contributed by atoms with E-state index >= 15 is 0 Å². The molecule has 0 bridgehead atoms. The smallest absolute Gasteiger partial charge is 0.306 e. The van der Waals surface area contributed by atoms with Gasteiger partial charge in [0, 0.05) is 0 Å². The number of rotatable bonds is 5. The molecule has 0 spiro atoms. The van der Waals surface area contributed by atoms with Crippen LogP contribution in [0.3, 0.4) is 0 Å². The fourth-order valence-electron chi connectivity index (χ4n) is 2.12. The van der Waals surface area contributed by atoms with Crippen LogP contribution in [0.2, 0.25) is 5.02 Å². The molecule has 0 saturated carbocycles. The molecule has 0 aliphatic carbocycles. The lowest BCUT2D eigenvalue weighted by molar-refractivity contribution is 0.364. The number of halogens is 2. The minimum absolute atomic E-state index is 0.157. The van der Waals surface area contributed by atoms with Crippen molar-refractivity contribution in [1.29, 1.82) is 0 Å². The molecular weight excluding hydrogens is 424 g/mol. The Morgan fingerprint density at radius 2 is 1.62 bits per heavy atom. The Morgan fingerprint density at radius 3 is 2.08 bits per heavy atom. The number of phenolic OH excluding ortho intramolecular Hbond substituents is 1. The summed E-state index contributed by atoms with van der Waals surface area (Å²) in [5.41, 5.74) is 0.987. The van der Waals surface area contributed by atoms with Gasteiger partial charge in [-0.15, -0.1) is 0 Å². The number of ether oxygens (including phenoxy) is 2. The van der Waals surface area contributed by atoms with Crippen LogP contribution in [0.4, 0.5) is 0 Å². The first-order valence-electron chi connectivity index (χ1n) is 6.51. The third-order valence-corrected chi connectivity index (χ3v) is 4.66. The number of aromatic hydroxyl groups is 1. The first kappa shape index (κ1) is 18.7. The fraction of sp³-hybridized carbons (Fsp3) is 0.200. The number of benzene rings is 2. The largest absolute Gasteiger partial charge is 0.503 e. The molecule has 2 aromatic rings. The zero-order chi connectivity index (χ0) is 18.1. The molecule has 130 valence electrons. The lowest BCUT2D eigenvalue weighted by Gasteiger charge is -2.17. The van der Waals surface area contributed by atoms with E-state index in [1.807, 2.05) is 0 Å². The summed E-state index contributed by atoms with van der Waals surface area (Å²) in [5.74, 6) is 0.403. The molecule has 6 nitrogen and oxygen atoms in total. The standard InChI is InChI=1S/C15H14BrClO6S/c1-21-14-10(12(17)15(22-2)11(16)13(14)18)8-4-6-9(7-5-8)23-24(3,19)20/h4-7,18H,1-3H3. The highest BCUT2D eigenvalue weighted by Crippen LogP contribution is 2.52. The van der Waals surface area contributed by atoms with Crippen molar-refractivity contribution in [3.05, 3.63) is 33.8 Å². The van der Waals surface area contributed by atoms with Gasteiger partial charge in [0.1, 0.15) is 10.2 Å². The molecule has 0 aromatic heterocycles. The Hall–Kier alpha value is -1.64. The number of methoxy groups -OCH3 is 2. The third kappa shape index (κ3) is 3.71. The Morgan fingerprint density at radius 1 is 1.08 bits per heavy atom. The van der Waals surface area contributed by atoms with Gasteiger partial charge in [0.15, 0.2) is 17.2 Å². The average Bonchev–Trinajstić information content (AvgIpc) is 2.51. The summed E-state index contributed by atoms with van der Waals surface area (Å²) in [5, 5.41) is 10.5. The Kier molecular flexibility index (Phi) is 5.52. The summed E-state index contributed by atoms with van der Waals surface area (Å²) in [6.07, 6.45) is 0.957. The zero-order valence-electron chi connectivity index (χ0n) is 13.0. The average molecular weight is 438 g/mol. The van der Waals surface area contributed by atoms with Crippen molar-refractivity contribution in [3.8, 4) is 34.1 Å². The predicted molar refractivity (Wildman–Crippen MR) is 94.8 cm³/mol. The van der Waals surface area contributed by atoms with Crippen molar-refractivity contribution in [2.45, 2.75) is 0 Å². The molecule has 24 heavy (non-hydrogen) atoms. The minimum Gasteiger partial charge on any atom is -0.503 e. The summed E-state index contributed by atoms with van der Waals surface area (Å²) in [4.78, 5) is 0. The normalized spacial score (nSPS) is 11.2. The first-order valence-corrected chi connectivity index (χ1v) is 9.50. The third-order valence-electron chi connectivity index (χ3n) is 3.07. The molecule has 0 heterocycles. The maximum Gasteiger partial charge on any atom is 0.306 e. The SMILES string of the molecule is COc1c(Cl)c(-c2ccc(OS(C)(=O)=O)cc2)c(OC)c(O)c1Br. The Bertz CT molecular complexity index is 865. The van der Waals surface area contributed by atoms with E-state index in [0.29, 0.717) is 11.1 Å². The van der Waals surface area contributed by atoms with Crippen LogP contribution in [0.15, 0.2) is 28.7 Å². The van der Waals surface area contributed by atoms with Gasteiger partial charge in [0.05, 0.1) is 31.1 Å². The van der Waals surface area contributed by atoms with Crippen molar-refractivity contribution in [1.82, 2.24) is 0 Å². The van der Waals surface area contributed by atoms with E-state index in [0.717, 1.165) is 6.26 Å². The van der Waals surface area contributed by atoms with E-state index in [1.165, 1.54) is 26.4 Å². The molecule has 0 aliphatic heterocycles. The van der Waals surface area contributed by atoms with Gasteiger partial charge < -0.3 is 18.8 Å². The molecular formula is C15H14BrClO6S. The van der Waals surface area contributed by atoms with Gasteiger partial charge >= 0.3 is 10.1 Å². The van der Waals surface area contributed by atoms with Crippen LogP contribution in [-0.2, 0) is 10.1 Å². The van der Waals surface area contributed by atoms with Gasteiger partial charge in [-0.3, -0.25) is 0 Å². The van der Waals surface area contributed by atoms with Crippen LogP contribution < -0.4 is 13.7 Å². The quantitative estimate of drug-likeness (QED) is 0.716. The van der Waals surface area contributed by atoms with E-state index in [9.17, 15) is 13.5 Å². The van der Waals surface area contributed by atoms with Crippen LogP contribution in [0.5, 0.6) is 23.0 Å². The second-order valence-electron chi connectivity index (χ2n) is 4.73. The van der Waals surface area contributed by atoms with Crippen LogP contribution >= 0.6 is 27.5 Å². The molecule has 0 atom stereocenters. The summed E-state index contributed by atoms with van der Waals surface area (Å²) in [6.45, 7) is 0. The molecule has 2 aromatic carbocycles. The van der Waals surface area contributed by atoms with E-state index < -0.39 is 10.1 Å². The molecule has 0 saturated heterocycles. The molecule has 0 aliphatic rings.